The molecule has 1 aliphatic heterocycles. The molecule has 9 heteroatoms. The van der Waals surface area contributed by atoms with Crippen molar-refractivity contribution in [1.82, 2.24) is 20.0 Å². The highest BCUT2D eigenvalue weighted by atomic mass is 32.1. The topological polar surface area (TPSA) is 88.5 Å². The smallest absolute Gasteiger partial charge is 0.322 e. The van der Waals surface area contributed by atoms with Crippen LogP contribution in [0.5, 0.6) is 0 Å². The van der Waals surface area contributed by atoms with Gasteiger partial charge < -0.3 is 20.3 Å². The fourth-order valence-corrected chi connectivity index (χ4v) is 3.38. The maximum atomic E-state index is 12.6. The van der Waals surface area contributed by atoms with Gasteiger partial charge in [-0.05, 0) is 11.4 Å². The van der Waals surface area contributed by atoms with Gasteiger partial charge in [0.2, 0.25) is 5.91 Å². The molecule has 0 radical (unpaired) electrons. The maximum Gasteiger partial charge on any atom is 0.322 e. The second-order valence-electron chi connectivity index (χ2n) is 5.32. The molecule has 1 aliphatic rings. The molecule has 0 saturated carbocycles. The summed E-state index contributed by atoms with van der Waals surface area (Å²) < 4.78 is 6.69. The van der Waals surface area contributed by atoms with Gasteiger partial charge in [-0.1, -0.05) is 6.07 Å². The molecule has 1 atom stereocenters. The van der Waals surface area contributed by atoms with Crippen LogP contribution in [0.4, 0.5) is 10.5 Å². The minimum atomic E-state index is -0.595. The van der Waals surface area contributed by atoms with Crippen LogP contribution in [0.1, 0.15) is 10.9 Å². The lowest BCUT2D eigenvalue weighted by atomic mass is 10.1. The van der Waals surface area contributed by atoms with Crippen LogP contribution in [0, 0.1) is 0 Å². The van der Waals surface area contributed by atoms with E-state index in [1.54, 1.807) is 29.1 Å². The number of aromatic nitrogens is 2. The van der Waals surface area contributed by atoms with Gasteiger partial charge >= 0.3 is 6.03 Å². The van der Waals surface area contributed by atoms with Crippen molar-refractivity contribution >= 4 is 29.0 Å². The zero-order chi connectivity index (χ0) is 16.9. The van der Waals surface area contributed by atoms with Crippen LogP contribution in [-0.4, -0.2) is 53.4 Å². The summed E-state index contributed by atoms with van der Waals surface area (Å²) in [6.07, 6.45) is 3.32. The molecule has 0 bridgehead atoms. The Hall–Kier alpha value is -2.39. The van der Waals surface area contributed by atoms with Gasteiger partial charge in [0, 0.05) is 31.3 Å². The Balaban J connectivity index is 1.70. The van der Waals surface area contributed by atoms with Gasteiger partial charge in [-0.3, -0.25) is 9.48 Å². The minimum absolute atomic E-state index is 0.158. The minimum Gasteiger partial charge on any atom is -0.383 e. The van der Waals surface area contributed by atoms with Gasteiger partial charge in [0.1, 0.15) is 6.04 Å². The normalized spacial score (nSPS) is 17.6. The molecule has 1 fully saturated rings. The van der Waals surface area contributed by atoms with Crippen molar-refractivity contribution in [2.24, 2.45) is 0 Å². The average Bonchev–Trinajstić information content (AvgIpc) is 3.24. The third kappa shape index (κ3) is 3.57. The zero-order valence-electron chi connectivity index (χ0n) is 13.3. The van der Waals surface area contributed by atoms with Crippen LogP contribution in [-0.2, 0) is 16.1 Å². The van der Waals surface area contributed by atoms with Crippen LogP contribution in [0.15, 0.2) is 29.9 Å². The number of nitrogens with one attached hydrogen (secondary N) is 2. The molecule has 3 amide bonds. The Labute approximate surface area is 143 Å². The number of anilines is 1. The largest absolute Gasteiger partial charge is 0.383 e. The summed E-state index contributed by atoms with van der Waals surface area (Å²) >= 11 is 1.46. The molecule has 2 aromatic rings. The first-order valence-electron chi connectivity index (χ1n) is 7.59. The molecule has 128 valence electrons. The average molecular weight is 349 g/mol. The van der Waals surface area contributed by atoms with E-state index in [0.717, 1.165) is 4.88 Å². The molecule has 8 nitrogen and oxygen atoms in total. The van der Waals surface area contributed by atoms with E-state index < -0.39 is 6.04 Å². The lowest BCUT2D eigenvalue weighted by Crippen LogP contribution is -2.53. The molecule has 24 heavy (non-hydrogen) atoms. The molecular weight excluding hydrogens is 330 g/mol. The number of piperazine rings is 1. The third-order valence-corrected chi connectivity index (χ3v) is 4.62. The van der Waals surface area contributed by atoms with Crippen LogP contribution in [0.2, 0.25) is 0 Å². The summed E-state index contributed by atoms with van der Waals surface area (Å²) in [5.41, 5.74) is 0.590. The number of nitrogens with zero attached hydrogens (tertiary/aromatic N) is 3. The van der Waals surface area contributed by atoms with Crippen molar-refractivity contribution in [3.63, 3.8) is 0 Å². The van der Waals surface area contributed by atoms with Crippen molar-refractivity contribution in [3.05, 3.63) is 34.8 Å². The van der Waals surface area contributed by atoms with Gasteiger partial charge in [0.05, 0.1) is 25.0 Å². The first kappa shape index (κ1) is 16.5. The van der Waals surface area contributed by atoms with E-state index in [0.29, 0.717) is 31.9 Å². The Bertz CT molecular complexity index is 700. The predicted octanol–water partition coefficient (Wildman–Crippen LogP) is 1.30. The number of amides is 3. The number of thiophene rings is 1. The molecule has 0 spiro atoms. The summed E-state index contributed by atoms with van der Waals surface area (Å²) in [6.45, 7) is 2.05. The Morgan fingerprint density at radius 3 is 3.21 bits per heavy atom. The predicted molar refractivity (Wildman–Crippen MR) is 89.9 cm³/mol. The number of rotatable bonds is 5. The van der Waals surface area contributed by atoms with Crippen LogP contribution >= 0.6 is 11.3 Å². The van der Waals surface area contributed by atoms with E-state index in [1.165, 1.54) is 11.3 Å². The number of hydrogen-bond donors (Lipinski definition) is 2. The summed E-state index contributed by atoms with van der Waals surface area (Å²) in [6, 6.07) is 2.83. The molecule has 1 saturated heterocycles. The number of carbonyl (C=O) groups excluding carboxylic acids is 2. The van der Waals surface area contributed by atoms with E-state index >= 15 is 0 Å². The Kier molecular flexibility index (Phi) is 5.11. The van der Waals surface area contributed by atoms with Crippen molar-refractivity contribution < 1.29 is 14.3 Å². The van der Waals surface area contributed by atoms with E-state index in [9.17, 15) is 9.59 Å². The fraction of sp³-hybridized carbons (Fsp3) is 0.400. The lowest BCUT2D eigenvalue weighted by Gasteiger charge is -2.34. The standard InChI is InChI=1S/C15H19N5O3S/c1-23-7-6-19-10-11(9-17-19)18-15(22)20-5-4-16-14(21)13(20)12-3-2-8-24-12/h2-3,8-10,13H,4-7H2,1H3,(H,16,21)(H,18,22). The van der Waals surface area contributed by atoms with E-state index in [-0.39, 0.29) is 11.9 Å². The zero-order valence-corrected chi connectivity index (χ0v) is 14.1. The number of urea groups is 1. The molecule has 3 rings (SSSR count). The SMILES string of the molecule is COCCn1cc(NC(=O)N2CCNC(=O)C2c2cccs2)cn1. The van der Waals surface area contributed by atoms with E-state index in [1.807, 2.05) is 17.5 Å². The van der Waals surface area contributed by atoms with Crippen molar-refractivity contribution in [2.75, 3.05) is 32.1 Å². The molecule has 0 aromatic carbocycles. The fourth-order valence-electron chi connectivity index (χ4n) is 2.55. The summed E-state index contributed by atoms with van der Waals surface area (Å²) in [7, 11) is 1.62. The quantitative estimate of drug-likeness (QED) is 0.851. The highest BCUT2D eigenvalue weighted by molar-refractivity contribution is 7.10. The molecular formula is C15H19N5O3S. The molecule has 2 N–H and O–H groups in total. The highest BCUT2D eigenvalue weighted by Gasteiger charge is 2.35. The monoisotopic (exact) mass is 349 g/mol. The van der Waals surface area contributed by atoms with E-state index in [2.05, 4.69) is 15.7 Å². The first-order chi connectivity index (χ1) is 11.7. The summed E-state index contributed by atoms with van der Waals surface area (Å²) in [5, 5.41) is 11.7. The Morgan fingerprint density at radius 2 is 2.46 bits per heavy atom. The molecule has 0 aliphatic carbocycles. The highest BCUT2D eigenvalue weighted by Crippen LogP contribution is 2.27. The molecule has 2 aromatic heterocycles. The summed E-state index contributed by atoms with van der Waals surface area (Å²) in [4.78, 5) is 27.2. The van der Waals surface area contributed by atoms with Gasteiger partial charge in [-0.2, -0.15) is 5.10 Å². The van der Waals surface area contributed by atoms with Crippen molar-refractivity contribution in [2.45, 2.75) is 12.6 Å². The lowest BCUT2D eigenvalue weighted by molar-refractivity contribution is -0.127. The van der Waals surface area contributed by atoms with Gasteiger partial charge in [0.15, 0.2) is 0 Å². The molecule has 3 heterocycles. The number of carbonyl (C=O) groups is 2. The van der Waals surface area contributed by atoms with Crippen molar-refractivity contribution in [1.29, 1.82) is 0 Å². The van der Waals surface area contributed by atoms with Crippen molar-refractivity contribution in [3.8, 4) is 0 Å². The van der Waals surface area contributed by atoms with Crippen LogP contribution < -0.4 is 10.6 Å². The summed E-state index contributed by atoms with van der Waals surface area (Å²) in [5.74, 6) is -0.158. The van der Waals surface area contributed by atoms with Gasteiger partial charge in [0.25, 0.3) is 0 Å². The first-order valence-corrected chi connectivity index (χ1v) is 8.47. The maximum absolute atomic E-state index is 12.6. The number of hydrogen-bond acceptors (Lipinski definition) is 5. The second kappa shape index (κ2) is 7.45. The second-order valence-corrected chi connectivity index (χ2v) is 6.30. The Morgan fingerprint density at radius 1 is 1.58 bits per heavy atom. The number of methoxy groups -OCH3 is 1. The van der Waals surface area contributed by atoms with E-state index in [4.69, 9.17) is 4.74 Å². The van der Waals surface area contributed by atoms with Crippen LogP contribution in [0.3, 0.4) is 0 Å². The van der Waals surface area contributed by atoms with Gasteiger partial charge in [-0.15, -0.1) is 11.3 Å². The molecule has 1 unspecified atom stereocenters. The van der Waals surface area contributed by atoms with Gasteiger partial charge in [-0.25, -0.2) is 4.79 Å². The van der Waals surface area contributed by atoms with Crippen LogP contribution in [0.25, 0.3) is 0 Å². The third-order valence-electron chi connectivity index (χ3n) is 3.69. The number of ether oxygens (including phenoxy) is 1.